The van der Waals surface area contributed by atoms with Gasteiger partial charge in [0.2, 0.25) is 0 Å². The average molecular weight is 154 g/mol. The quantitative estimate of drug-likeness (QED) is 0.536. The fourth-order valence-corrected chi connectivity index (χ4v) is 0.968. The fourth-order valence-electron chi connectivity index (χ4n) is 0.968. The second-order valence-electron chi connectivity index (χ2n) is 4.08. The zero-order chi connectivity index (χ0) is 8.85. The van der Waals surface area contributed by atoms with Crippen LogP contribution in [0.5, 0.6) is 0 Å². The minimum atomic E-state index is 0.834. The van der Waals surface area contributed by atoms with Crippen LogP contribution in [0.25, 0.3) is 0 Å². The number of hydrogen-bond acceptors (Lipinski definition) is 0. The second kappa shape index (κ2) is 5.40. The predicted molar refractivity (Wildman–Crippen MR) is 52.7 cm³/mol. The van der Waals surface area contributed by atoms with Crippen LogP contribution in [0.3, 0.4) is 0 Å². The Kier molecular flexibility index (Phi) is 5.27. The van der Waals surface area contributed by atoms with Crippen LogP contribution >= 0.6 is 0 Å². The summed E-state index contributed by atoms with van der Waals surface area (Å²) in [4.78, 5) is 0. The molecule has 0 aliphatic carbocycles. The van der Waals surface area contributed by atoms with E-state index in [2.05, 4.69) is 40.7 Å². The summed E-state index contributed by atoms with van der Waals surface area (Å²) >= 11 is 0. The van der Waals surface area contributed by atoms with Gasteiger partial charge in [0.05, 0.1) is 0 Å². The molecule has 0 bridgehead atoms. The van der Waals surface area contributed by atoms with E-state index in [1.54, 1.807) is 0 Å². The van der Waals surface area contributed by atoms with Gasteiger partial charge in [0, 0.05) is 0 Å². The molecule has 0 aromatic carbocycles. The van der Waals surface area contributed by atoms with Gasteiger partial charge in [0.25, 0.3) is 0 Å². The number of hydrogen-bond donors (Lipinski definition) is 0. The highest BCUT2D eigenvalue weighted by molar-refractivity contribution is 4.92. The molecule has 0 aliphatic rings. The number of allylic oxidation sites excluding steroid dienone is 2. The van der Waals surface area contributed by atoms with Crippen molar-refractivity contribution in [1.82, 2.24) is 0 Å². The van der Waals surface area contributed by atoms with Gasteiger partial charge in [0.15, 0.2) is 0 Å². The molecule has 1 unspecified atom stereocenters. The van der Waals surface area contributed by atoms with Crippen molar-refractivity contribution in [3.8, 4) is 0 Å². The highest BCUT2D eigenvalue weighted by Gasteiger charge is 2.04. The first-order valence-electron chi connectivity index (χ1n) is 4.67. The maximum absolute atomic E-state index is 2.34. The third-order valence-corrected chi connectivity index (χ3v) is 2.31. The summed E-state index contributed by atoms with van der Waals surface area (Å²) < 4.78 is 0. The molecule has 0 saturated carbocycles. The molecule has 0 spiro atoms. The summed E-state index contributed by atoms with van der Waals surface area (Å²) in [5.41, 5.74) is 1.45. The summed E-state index contributed by atoms with van der Waals surface area (Å²) in [7, 11) is 0. The Morgan fingerprint density at radius 3 is 2.09 bits per heavy atom. The molecule has 0 fully saturated rings. The Hall–Kier alpha value is -0.260. The van der Waals surface area contributed by atoms with Gasteiger partial charge >= 0.3 is 0 Å². The van der Waals surface area contributed by atoms with E-state index in [1.165, 1.54) is 18.4 Å². The van der Waals surface area contributed by atoms with E-state index < -0.39 is 0 Å². The third kappa shape index (κ3) is 6.15. The predicted octanol–water partition coefficient (Wildman–Crippen LogP) is 4.02. The molecule has 0 saturated heterocycles. The van der Waals surface area contributed by atoms with Gasteiger partial charge in [-0.1, -0.05) is 32.4 Å². The zero-order valence-electron chi connectivity index (χ0n) is 8.65. The van der Waals surface area contributed by atoms with Gasteiger partial charge in [-0.25, -0.2) is 0 Å². The van der Waals surface area contributed by atoms with Crippen molar-refractivity contribution in [2.75, 3.05) is 0 Å². The molecule has 66 valence electrons. The Morgan fingerprint density at radius 2 is 1.73 bits per heavy atom. The van der Waals surface area contributed by atoms with Gasteiger partial charge < -0.3 is 0 Å². The molecule has 0 N–H and O–H groups in total. The minimum absolute atomic E-state index is 0.834. The topological polar surface area (TPSA) is 0 Å². The van der Waals surface area contributed by atoms with Crippen molar-refractivity contribution in [1.29, 1.82) is 0 Å². The summed E-state index contributed by atoms with van der Waals surface area (Å²) in [6.45, 7) is 11.3. The lowest BCUT2D eigenvalue weighted by molar-refractivity contribution is 0.395. The molecule has 11 heavy (non-hydrogen) atoms. The summed E-state index contributed by atoms with van der Waals surface area (Å²) in [6, 6.07) is 0. The molecule has 0 rings (SSSR count). The molecular weight excluding hydrogens is 132 g/mol. The monoisotopic (exact) mass is 154 g/mol. The SMILES string of the molecule is CC(C)=CCCC(C)C(C)C. The first-order valence-corrected chi connectivity index (χ1v) is 4.67. The van der Waals surface area contributed by atoms with Gasteiger partial charge in [-0.05, 0) is 38.5 Å². The molecule has 0 aromatic rings. The average Bonchev–Trinajstić information content (AvgIpc) is 1.86. The van der Waals surface area contributed by atoms with Crippen LogP contribution in [0.15, 0.2) is 11.6 Å². The van der Waals surface area contributed by atoms with Crippen LogP contribution in [-0.4, -0.2) is 0 Å². The van der Waals surface area contributed by atoms with Gasteiger partial charge in [-0.15, -0.1) is 0 Å². The first-order chi connectivity index (χ1) is 5.04. The molecule has 0 aromatic heterocycles. The molecule has 0 heteroatoms. The van der Waals surface area contributed by atoms with Crippen molar-refractivity contribution >= 4 is 0 Å². The highest BCUT2D eigenvalue weighted by Crippen LogP contribution is 2.16. The maximum Gasteiger partial charge on any atom is -0.0346 e. The molecule has 0 nitrogen and oxygen atoms in total. The fraction of sp³-hybridized carbons (Fsp3) is 0.818. The maximum atomic E-state index is 2.34. The van der Waals surface area contributed by atoms with E-state index >= 15 is 0 Å². The Morgan fingerprint density at radius 1 is 1.18 bits per heavy atom. The van der Waals surface area contributed by atoms with E-state index in [4.69, 9.17) is 0 Å². The standard InChI is InChI=1S/C11H22/c1-9(2)7-6-8-11(5)10(3)4/h7,10-11H,6,8H2,1-5H3. The lowest BCUT2D eigenvalue weighted by Crippen LogP contribution is -2.02. The summed E-state index contributed by atoms with van der Waals surface area (Å²) in [5.74, 6) is 1.70. The van der Waals surface area contributed by atoms with Crippen LogP contribution in [0.2, 0.25) is 0 Å². The molecule has 1 atom stereocenters. The Bertz CT molecular complexity index is 116. The van der Waals surface area contributed by atoms with Crippen molar-refractivity contribution in [3.63, 3.8) is 0 Å². The molecule has 0 amide bonds. The van der Waals surface area contributed by atoms with Crippen LogP contribution in [-0.2, 0) is 0 Å². The molecule has 0 aliphatic heterocycles. The number of rotatable bonds is 4. The van der Waals surface area contributed by atoms with Crippen LogP contribution < -0.4 is 0 Å². The van der Waals surface area contributed by atoms with E-state index in [-0.39, 0.29) is 0 Å². The molecule has 0 radical (unpaired) electrons. The van der Waals surface area contributed by atoms with Crippen LogP contribution in [0, 0.1) is 11.8 Å². The minimum Gasteiger partial charge on any atom is -0.0859 e. The van der Waals surface area contributed by atoms with Gasteiger partial charge in [-0.2, -0.15) is 0 Å². The second-order valence-corrected chi connectivity index (χ2v) is 4.08. The van der Waals surface area contributed by atoms with Gasteiger partial charge in [-0.3, -0.25) is 0 Å². The lowest BCUT2D eigenvalue weighted by Gasteiger charge is -2.13. The normalized spacial score (nSPS) is 13.3. The summed E-state index contributed by atoms with van der Waals surface area (Å²) in [5, 5.41) is 0. The Balaban J connectivity index is 3.47. The van der Waals surface area contributed by atoms with E-state index in [0.717, 1.165) is 11.8 Å². The lowest BCUT2D eigenvalue weighted by atomic mass is 9.93. The van der Waals surface area contributed by atoms with E-state index in [1.807, 2.05) is 0 Å². The van der Waals surface area contributed by atoms with Crippen LogP contribution in [0.4, 0.5) is 0 Å². The molecule has 0 heterocycles. The van der Waals surface area contributed by atoms with Gasteiger partial charge in [0.1, 0.15) is 0 Å². The zero-order valence-corrected chi connectivity index (χ0v) is 8.65. The summed E-state index contributed by atoms with van der Waals surface area (Å²) in [6.07, 6.45) is 4.92. The smallest absolute Gasteiger partial charge is 0.0346 e. The van der Waals surface area contributed by atoms with Crippen molar-refractivity contribution in [2.24, 2.45) is 11.8 Å². The molecular formula is C11H22. The third-order valence-electron chi connectivity index (χ3n) is 2.31. The Labute approximate surface area is 71.7 Å². The first kappa shape index (κ1) is 10.7. The van der Waals surface area contributed by atoms with Crippen molar-refractivity contribution in [2.45, 2.75) is 47.5 Å². The van der Waals surface area contributed by atoms with Crippen molar-refractivity contribution in [3.05, 3.63) is 11.6 Å². The van der Waals surface area contributed by atoms with Crippen LogP contribution in [0.1, 0.15) is 47.5 Å². The van der Waals surface area contributed by atoms with Crippen molar-refractivity contribution < 1.29 is 0 Å². The largest absolute Gasteiger partial charge is 0.0859 e. The highest BCUT2D eigenvalue weighted by atomic mass is 14.1. The van der Waals surface area contributed by atoms with E-state index in [9.17, 15) is 0 Å². The van der Waals surface area contributed by atoms with E-state index in [0.29, 0.717) is 0 Å².